The van der Waals surface area contributed by atoms with Gasteiger partial charge in [-0.05, 0) is 23.8 Å². The normalized spacial score (nSPS) is 23.4. The van der Waals surface area contributed by atoms with Gasteiger partial charge in [-0.2, -0.15) is 5.21 Å². The lowest BCUT2D eigenvalue weighted by atomic mass is 9.64. The SMILES string of the molecule is CC1(C)C(O)CC1NC(=O)c1ccc(-c2nn[nH]n2)cc1. The van der Waals surface area contributed by atoms with Gasteiger partial charge < -0.3 is 10.4 Å². The van der Waals surface area contributed by atoms with Crippen molar-refractivity contribution < 1.29 is 9.90 Å². The molecule has 1 aliphatic rings. The molecular formula is C14H17N5O2. The number of hydrogen-bond acceptors (Lipinski definition) is 5. The van der Waals surface area contributed by atoms with E-state index in [0.29, 0.717) is 17.8 Å². The van der Waals surface area contributed by atoms with Crippen LogP contribution in [0.1, 0.15) is 30.6 Å². The molecular weight excluding hydrogens is 270 g/mol. The molecule has 2 unspecified atom stereocenters. The van der Waals surface area contributed by atoms with E-state index in [0.717, 1.165) is 5.56 Å². The predicted molar refractivity (Wildman–Crippen MR) is 75.3 cm³/mol. The Labute approximate surface area is 121 Å². The molecule has 0 radical (unpaired) electrons. The molecule has 1 heterocycles. The van der Waals surface area contributed by atoms with Crippen LogP contribution in [0, 0.1) is 5.41 Å². The molecule has 1 fully saturated rings. The number of nitrogens with zero attached hydrogens (tertiary/aromatic N) is 3. The van der Waals surface area contributed by atoms with Crippen molar-refractivity contribution in [3.05, 3.63) is 29.8 Å². The Hall–Kier alpha value is -2.28. The van der Waals surface area contributed by atoms with Crippen molar-refractivity contribution in [2.24, 2.45) is 5.41 Å². The van der Waals surface area contributed by atoms with E-state index in [1.54, 1.807) is 24.3 Å². The molecule has 1 amide bonds. The first-order chi connectivity index (χ1) is 9.98. The number of tetrazole rings is 1. The summed E-state index contributed by atoms with van der Waals surface area (Å²) in [5.74, 6) is 0.352. The molecule has 21 heavy (non-hydrogen) atoms. The Morgan fingerprint density at radius 1 is 1.38 bits per heavy atom. The van der Waals surface area contributed by atoms with Crippen molar-refractivity contribution >= 4 is 5.91 Å². The third-order valence-electron chi connectivity index (χ3n) is 4.27. The molecule has 1 aromatic carbocycles. The van der Waals surface area contributed by atoms with Crippen molar-refractivity contribution in [2.45, 2.75) is 32.4 Å². The van der Waals surface area contributed by atoms with Gasteiger partial charge in [-0.25, -0.2) is 0 Å². The van der Waals surface area contributed by atoms with E-state index in [1.165, 1.54) is 0 Å². The Bertz CT molecular complexity index is 636. The smallest absolute Gasteiger partial charge is 0.251 e. The zero-order valence-electron chi connectivity index (χ0n) is 11.9. The van der Waals surface area contributed by atoms with E-state index in [2.05, 4.69) is 25.9 Å². The Balaban J connectivity index is 1.69. The first kappa shape index (κ1) is 13.7. The van der Waals surface area contributed by atoms with E-state index < -0.39 is 0 Å². The molecule has 3 rings (SSSR count). The van der Waals surface area contributed by atoms with Crippen molar-refractivity contribution in [2.75, 3.05) is 0 Å². The van der Waals surface area contributed by atoms with Gasteiger partial charge in [0.15, 0.2) is 0 Å². The van der Waals surface area contributed by atoms with Gasteiger partial charge >= 0.3 is 0 Å². The minimum Gasteiger partial charge on any atom is -0.392 e. The highest BCUT2D eigenvalue weighted by Crippen LogP contribution is 2.40. The number of rotatable bonds is 3. The molecule has 0 aliphatic heterocycles. The van der Waals surface area contributed by atoms with Crippen LogP contribution in [-0.4, -0.2) is 43.8 Å². The number of carbonyl (C=O) groups is 1. The number of hydrogen-bond donors (Lipinski definition) is 3. The van der Waals surface area contributed by atoms with Crippen molar-refractivity contribution in [3.8, 4) is 11.4 Å². The highest BCUT2D eigenvalue weighted by atomic mass is 16.3. The Morgan fingerprint density at radius 3 is 2.62 bits per heavy atom. The minimum absolute atomic E-state index is 0.00289. The lowest BCUT2D eigenvalue weighted by Crippen LogP contribution is -2.61. The molecule has 0 spiro atoms. The molecule has 7 nitrogen and oxygen atoms in total. The molecule has 2 aromatic rings. The number of aliphatic hydroxyl groups excluding tert-OH is 1. The van der Waals surface area contributed by atoms with Gasteiger partial charge in [-0.3, -0.25) is 4.79 Å². The maximum absolute atomic E-state index is 12.2. The molecule has 1 aliphatic carbocycles. The number of amides is 1. The molecule has 1 aromatic heterocycles. The maximum Gasteiger partial charge on any atom is 0.251 e. The lowest BCUT2D eigenvalue weighted by Gasteiger charge is -2.49. The number of carbonyl (C=O) groups excluding carboxylic acids is 1. The first-order valence-corrected chi connectivity index (χ1v) is 6.81. The number of aliphatic hydroxyl groups is 1. The highest BCUT2D eigenvalue weighted by molar-refractivity contribution is 5.94. The predicted octanol–water partition coefficient (Wildman–Crippen LogP) is 0.756. The molecule has 0 bridgehead atoms. The van der Waals surface area contributed by atoms with Gasteiger partial charge in [-0.15, -0.1) is 10.2 Å². The molecule has 0 saturated heterocycles. The van der Waals surface area contributed by atoms with Crippen LogP contribution in [0.25, 0.3) is 11.4 Å². The second-order valence-corrected chi connectivity index (χ2v) is 5.91. The second-order valence-electron chi connectivity index (χ2n) is 5.91. The van der Waals surface area contributed by atoms with Gasteiger partial charge in [0.25, 0.3) is 5.91 Å². The fraction of sp³-hybridized carbons (Fsp3) is 0.429. The van der Waals surface area contributed by atoms with Crippen LogP contribution >= 0.6 is 0 Å². The summed E-state index contributed by atoms with van der Waals surface area (Å²) in [6.45, 7) is 3.90. The van der Waals surface area contributed by atoms with Crippen LogP contribution in [0.5, 0.6) is 0 Å². The highest BCUT2D eigenvalue weighted by Gasteiger charge is 2.47. The molecule has 7 heteroatoms. The topological polar surface area (TPSA) is 104 Å². The number of nitrogens with one attached hydrogen (secondary N) is 2. The van der Waals surface area contributed by atoms with Crippen molar-refractivity contribution in [1.29, 1.82) is 0 Å². The summed E-state index contributed by atoms with van der Waals surface area (Å²) in [6, 6.07) is 7.00. The summed E-state index contributed by atoms with van der Waals surface area (Å²) in [6.07, 6.45) is 0.239. The summed E-state index contributed by atoms with van der Waals surface area (Å²) >= 11 is 0. The second kappa shape index (κ2) is 4.92. The zero-order valence-corrected chi connectivity index (χ0v) is 11.9. The van der Waals surface area contributed by atoms with Gasteiger partial charge in [0.1, 0.15) is 0 Å². The van der Waals surface area contributed by atoms with E-state index in [4.69, 9.17) is 0 Å². The average molecular weight is 287 g/mol. The van der Waals surface area contributed by atoms with Crippen LogP contribution in [0.15, 0.2) is 24.3 Å². The zero-order chi connectivity index (χ0) is 15.0. The number of aromatic amines is 1. The standard InChI is InChI=1S/C14H17N5O2/c1-14(2)10(7-11(14)20)15-13(21)9-5-3-8(4-6-9)12-16-18-19-17-12/h3-6,10-11,20H,7H2,1-2H3,(H,15,21)(H,16,17,18,19). The molecule has 3 N–H and O–H groups in total. The van der Waals surface area contributed by atoms with Crippen molar-refractivity contribution in [1.82, 2.24) is 25.9 Å². The fourth-order valence-electron chi connectivity index (χ4n) is 2.44. The third-order valence-corrected chi connectivity index (χ3v) is 4.27. The summed E-state index contributed by atoms with van der Waals surface area (Å²) in [7, 11) is 0. The van der Waals surface area contributed by atoms with E-state index in [1.807, 2.05) is 13.8 Å². The summed E-state index contributed by atoms with van der Waals surface area (Å²) < 4.78 is 0. The summed E-state index contributed by atoms with van der Waals surface area (Å²) in [5.41, 5.74) is 1.08. The average Bonchev–Trinajstić information content (AvgIpc) is 3.01. The van der Waals surface area contributed by atoms with E-state index >= 15 is 0 Å². The van der Waals surface area contributed by atoms with Crippen molar-refractivity contribution in [3.63, 3.8) is 0 Å². The lowest BCUT2D eigenvalue weighted by molar-refractivity contribution is -0.0689. The Morgan fingerprint density at radius 2 is 2.10 bits per heavy atom. The Kier molecular flexibility index (Phi) is 3.21. The van der Waals surface area contributed by atoms with Crippen LogP contribution in [0.4, 0.5) is 0 Å². The van der Waals surface area contributed by atoms with Gasteiger partial charge in [-0.1, -0.05) is 26.0 Å². The van der Waals surface area contributed by atoms with Gasteiger partial charge in [0, 0.05) is 22.6 Å². The quantitative estimate of drug-likeness (QED) is 0.773. The summed E-state index contributed by atoms with van der Waals surface area (Å²) in [4.78, 5) is 12.2. The maximum atomic E-state index is 12.2. The minimum atomic E-state index is -0.358. The molecule has 110 valence electrons. The fourth-order valence-corrected chi connectivity index (χ4v) is 2.44. The monoisotopic (exact) mass is 287 g/mol. The largest absolute Gasteiger partial charge is 0.392 e. The van der Waals surface area contributed by atoms with Crippen LogP contribution in [-0.2, 0) is 0 Å². The van der Waals surface area contributed by atoms with E-state index in [-0.39, 0.29) is 23.5 Å². The molecule has 1 saturated carbocycles. The van der Waals surface area contributed by atoms with E-state index in [9.17, 15) is 9.90 Å². The first-order valence-electron chi connectivity index (χ1n) is 6.81. The third kappa shape index (κ3) is 2.40. The van der Waals surface area contributed by atoms with Crippen LogP contribution < -0.4 is 5.32 Å². The summed E-state index contributed by atoms with van der Waals surface area (Å²) in [5, 5.41) is 26.3. The van der Waals surface area contributed by atoms with Crippen LogP contribution in [0.3, 0.4) is 0 Å². The number of aromatic nitrogens is 4. The molecule has 2 atom stereocenters. The number of benzene rings is 1. The number of H-pyrrole nitrogens is 1. The van der Waals surface area contributed by atoms with Crippen LogP contribution in [0.2, 0.25) is 0 Å². The van der Waals surface area contributed by atoms with Gasteiger partial charge in [0.2, 0.25) is 5.82 Å². The van der Waals surface area contributed by atoms with Gasteiger partial charge in [0.05, 0.1) is 6.10 Å².